The Morgan fingerprint density at radius 3 is 2.37 bits per heavy atom. The topological polar surface area (TPSA) is 102 Å². The van der Waals surface area contributed by atoms with Gasteiger partial charge in [0.05, 0.1) is 14.2 Å². The smallest absolute Gasteiger partial charge is 0.315 e. The van der Waals surface area contributed by atoms with Gasteiger partial charge in [-0.05, 0) is 55.2 Å². The van der Waals surface area contributed by atoms with Crippen molar-refractivity contribution in [1.29, 1.82) is 0 Å². The summed E-state index contributed by atoms with van der Waals surface area (Å²) < 4.78 is 42.4. The number of hydrogen-bond donors (Lipinski definition) is 2. The lowest BCUT2D eigenvalue weighted by molar-refractivity contribution is -0.118. The minimum atomic E-state index is -1.34. The molecule has 228 valence electrons. The summed E-state index contributed by atoms with van der Waals surface area (Å²) in [4.78, 5) is 41.6. The number of amides is 3. The summed E-state index contributed by atoms with van der Waals surface area (Å²) in [5.41, 5.74) is 1.04. The first-order valence-corrected chi connectivity index (χ1v) is 14.3. The Bertz CT molecular complexity index is 1600. The van der Waals surface area contributed by atoms with Gasteiger partial charge in [-0.1, -0.05) is 19.9 Å². The summed E-state index contributed by atoms with van der Waals surface area (Å²) in [7, 11) is 2.91. The van der Waals surface area contributed by atoms with E-state index in [9.17, 15) is 14.4 Å². The van der Waals surface area contributed by atoms with Crippen molar-refractivity contribution in [3.8, 4) is 11.5 Å². The molecule has 2 N–H and O–H groups in total. The molecule has 5 rings (SSSR count). The second-order valence-electron chi connectivity index (χ2n) is 11.5. The molecule has 9 nitrogen and oxygen atoms in total. The SMILES string of the molecule is CCn1cccc(N2C[C@@H](c3c(F)cc(OC)cc3F)[C@H](NC(=O)NC3CCc4cc(OC)ccc4C3(C)C)C2=O)c1=O. The number of methoxy groups -OCH3 is 2. The molecular formula is C32H36F2N4O5. The van der Waals surface area contributed by atoms with Crippen LogP contribution in [0.5, 0.6) is 11.5 Å². The molecule has 3 aromatic rings. The molecule has 0 radical (unpaired) electrons. The van der Waals surface area contributed by atoms with E-state index >= 15 is 8.78 Å². The number of carbonyl (C=O) groups is 2. The number of carbonyl (C=O) groups excluding carboxylic acids is 2. The summed E-state index contributed by atoms with van der Waals surface area (Å²) in [6.45, 7) is 6.01. The number of aromatic nitrogens is 1. The number of halogens is 2. The number of benzene rings is 2. The number of nitrogens with one attached hydrogen (secondary N) is 2. The average molecular weight is 595 g/mol. The van der Waals surface area contributed by atoms with Gasteiger partial charge in [-0.25, -0.2) is 13.6 Å². The number of rotatable bonds is 7. The molecule has 1 aliphatic heterocycles. The van der Waals surface area contributed by atoms with Crippen LogP contribution in [0.1, 0.15) is 49.8 Å². The zero-order valence-corrected chi connectivity index (χ0v) is 24.9. The van der Waals surface area contributed by atoms with E-state index in [0.717, 1.165) is 29.0 Å². The van der Waals surface area contributed by atoms with Crippen LogP contribution in [0.4, 0.5) is 19.3 Å². The second-order valence-corrected chi connectivity index (χ2v) is 11.5. The van der Waals surface area contributed by atoms with E-state index in [1.807, 2.05) is 32.0 Å². The minimum Gasteiger partial charge on any atom is -0.497 e. The summed E-state index contributed by atoms with van der Waals surface area (Å²) >= 11 is 0. The number of urea groups is 1. The van der Waals surface area contributed by atoms with Crippen molar-refractivity contribution in [2.24, 2.45) is 0 Å². The summed E-state index contributed by atoms with van der Waals surface area (Å²) in [5.74, 6) is -2.84. The van der Waals surface area contributed by atoms with E-state index in [1.165, 1.54) is 22.6 Å². The Balaban J connectivity index is 1.45. The number of nitrogens with zero attached hydrogens (tertiary/aromatic N) is 2. The van der Waals surface area contributed by atoms with Crippen LogP contribution >= 0.6 is 0 Å². The Morgan fingerprint density at radius 2 is 1.72 bits per heavy atom. The van der Waals surface area contributed by atoms with Gasteiger partial charge in [-0.15, -0.1) is 0 Å². The van der Waals surface area contributed by atoms with Gasteiger partial charge in [-0.3, -0.25) is 9.59 Å². The predicted molar refractivity (Wildman–Crippen MR) is 158 cm³/mol. The Hall–Kier alpha value is -4.41. The third-order valence-electron chi connectivity index (χ3n) is 8.78. The van der Waals surface area contributed by atoms with E-state index in [-0.39, 0.29) is 29.6 Å². The second kappa shape index (κ2) is 11.7. The molecule has 0 bridgehead atoms. The first-order valence-electron chi connectivity index (χ1n) is 14.3. The largest absolute Gasteiger partial charge is 0.497 e. The maximum absolute atomic E-state index is 15.3. The molecule has 0 saturated carbocycles. The van der Waals surface area contributed by atoms with Gasteiger partial charge in [-0.2, -0.15) is 0 Å². The predicted octanol–water partition coefficient (Wildman–Crippen LogP) is 4.25. The molecule has 43 heavy (non-hydrogen) atoms. The van der Waals surface area contributed by atoms with Crippen LogP contribution in [0.2, 0.25) is 0 Å². The van der Waals surface area contributed by atoms with Gasteiger partial charge in [0.25, 0.3) is 11.5 Å². The van der Waals surface area contributed by atoms with Gasteiger partial charge < -0.3 is 29.6 Å². The Labute approximate surface area is 248 Å². The summed E-state index contributed by atoms with van der Waals surface area (Å²) in [6.07, 6.45) is 2.94. The molecule has 1 fully saturated rings. The monoisotopic (exact) mass is 594 g/mol. The average Bonchev–Trinajstić information content (AvgIpc) is 3.28. The van der Waals surface area contributed by atoms with Crippen molar-refractivity contribution in [1.82, 2.24) is 15.2 Å². The highest BCUT2D eigenvalue weighted by molar-refractivity contribution is 6.02. The Kier molecular flexibility index (Phi) is 8.18. The maximum atomic E-state index is 15.3. The molecule has 2 aliphatic rings. The lowest BCUT2D eigenvalue weighted by Crippen LogP contribution is -2.56. The van der Waals surface area contributed by atoms with E-state index in [1.54, 1.807) is 26.3 Å². The number of ether oxygens (including phenoxy) is 2. The zero-order chi connectivity index (χ0) is 31.1. The van der Waals surface area contributed by atoms with Gasteiger partial charge in [0.15, 0.2) is 0 Å². The van der Waals surface area contributed by atoms with Crippen LogP contribution < -0.4 is 30.6 Å². The van der Waals surface area contributed by atoms with E-state index < -0.39 is 46.5 Å². The summed E-state index contributed by atoms with van der Waals surface area (Å²) in [6, 6.07) is 8.78. The highest BCUT2D eigenvalue weighted by atomic mass is 19.1. The van der Waals surface area contributed by atoms with Crippen molar-refractivity contribution in [3.05, 3.63) is 87.3 Å². The quantitative estimate of drug-likeness (QED) is 0.426. The fourth-order valence-corrected chi connectivity index (χ4v) is 6.36. The fourth-order valence-electron chi connectivity index (χ4n) is 6.36. The molecule has 3 atom stereocenters. The van der Waals surface area contributed by atoms with Gasteiger partial charge in [0.2, 0.25) is 0 Å². The van der Waals surface area contributed by atoms with Crippen LogP contribution in [0, 0.1) is 11.6 Å². The summed E-state index contributed by atoms with van der Waals surface area (Å²) in [5, 5.41) is 5.71. The minimum absolute atomic E-state index is 0.0199. The van der Waals surface area contributed by atoms with E-state index in [4.69, 9.17) is 9.47 Å². The zero-order valence-electron chi connectivity index (χ0n) is 24.9. The molecule has 2 heterocycles. The van der Waals surface area contributed by atoms with Crippen molar-refractivity contribution >= 4 is 17.6 Å². The molecule has 1 saturated heterocycles. The van der Waals surface area contributed by atoms with Crippen LogP contribution in [0.25, 0.3) is 0 Å². The third-order valence-corrected chi connectivity index (χ3v) is 8.78. The first kappa shape index (κ1) is 30.1. The Morgan fingerprint density at radius 1 is 1.02 bits per heavy atom. The van der Waals surface area contributed by atoms with Crippen LogP contribution in [0.3, 0.4) is 0 Å². The molecule has 1 aliphatic carbocycles. The van der Waals surface area contributed by atoms with Gasteiger partial charge in [0, 0.05) is 54.4 Å². The lowest BCUT2D eigenvalue weighted by Gasteiger charge is -2.41. The van der Waals surface area contributed by atoms with Crippen molar-refractivity contribution < 1.29 is 27.8 Å². The highest BCUT2D eigenvalue weighted by Crippen LogP contribution is 2.39. The van der Waals surface area contributed by atoms with Crippen molar-refractivity contribution in [2.75, 3.05) is 25.7 Å². The molecule has 11 heteroatoms. The molecule has 1 aromatic heterocycles. The van der Waals surface area contributed by atoms with Gasteiger partial charge in [0.1, 0.15) is 34.9 Å². The molecule has 1 unspecified atom stereocenters. The lowest BCUT2D eigenvalue weighted by atomic mass is 9.69. The van der Waals surface area contributed by atoms with Gasteiger partial charge >= 0.3 is 6.03 Å². The molecule has 0 spiro atoms. The number of anilines is 1. The molecule has 2 aromatic carbocycles. The standard InChI is InChI=1S/C32H36F2N4O5/c1-6-37-13-7-8-25(29(37)39)38-17-21(27-23(33)15-20(43-5)16-24(27)34)28(30(38)40)36-31(41)35-26-12-9-18-14-19(42-4)10-11-22(18)32(26,2)3/h7-8,10-11,13-16,21,26,28H,6,9,12,17H2,1-5H3,(H2,35,36,41)/t21-,26?,28-/m0/s1. The number of fused-ring (bicyclic) bond motifs is 1. The number of pyridine rings is 1. The van der Waals surface area contributed by atoms with Crippen LogP contribution in [-0.4, -0.2) is 49.4 Å². The number of hydrogen-bond acceptors (Lipinski definition) is 5. The molecular weight excluding hydrogens is 558 g/mol. The van der Waals surface area contributed by atoms with Crippen molar-refractivity contribution in [2.45, 2.75) is 63.6 Å². The maximum Gasteiger partial charge on any atom is 0.315 e. The third kappa shape index (κ3) is 5.44. The molecule has 3 amide bonds. The van der Waals surface area contributed by atoms with E-state index in [2.05, 4.69) is 10.6 Å². The van der Waals surface area contributed by atoms with Crippen molar-refractivity contribution in [3.63, 3.8) is 0 Å². The normalized spacial score (nSPS) is 20.9. The van der Waals surface area contributed by atoms with Crippen LogP contribution in [0.15, 0.2) is 53.5 Å². The fraction of sp³-hybridized carbons (Fsp3) is 0.406. The number of aryl methyl sites for hydroxylation is 2. The van der Waals surface area contributed by atoms with Crippen LogP contribution in [-0.2, 0) is 23.2 Å². The van der Waals surface area contributed by atoms with E-state index in [0.29, 0.717) is 19.4 Å². The highest BCUT2D eigenvalue weighted by Gasteiger charge is 2.46. The first-order chi connectivity index (χ1) is 20.5.